The minimum atomic E-state index is -4.66. The summed E-state index contributed by atoms with van der Waals surface area (Å²) in [5.74, 6) is -1.27. The number of carbonyl (C=O) groups is 2. The zero-order chi connectivity index (χ0) is 34.7. The molecular weight excluding hydrogens is 663 g/mol. The number of alkyl halides is 3. The van der Waals surface area contributed by atoms with Crippen molar-refractivity contribution in [2.75, 3.05) is 64.3 Å². The lowest BCUT2D eigenvalue weighted by Gasteiger charge is -2.36. The highest BCUT2D eigenvalue weighted by Crippen LogP contribution is 2.39. The summed E-state index contributed by atoms with van der Waals surface area (Å²) in [5.41, 5.74) is -0.526. The molecule has 0 radical (unpaired) electrons. The number of fused-ring (bicyclic) bond motifs is 1. The predicted molar refractivity (Wildman–Crippen MR) is 179 cm³/mol. The van der Waals surface area contributed by atoms with E-state index < -0.39 is 29.3 Å². The maximum absolute atomic E-state index is 13.6. The van der Waals surface area contributed by atoms with E-state index in [-0.39, 0.29) is 33.4 Å². The van der Waals surface area contributed by atoms with Crippen LogP contribution in [0.3, 0.4) is 0 Å². The number of halogens is 3. The normalized spacial score (nSPS) is 17.7. The van der Waals surface area contributed by atoms with Crippen LogP contribution in [-0.2, 0) is 10.9 Å². The van der Waals surface area contributed by atoms with E-state index in [0.29, 0.717) is 29.7 Å². The van der Waals surface area contributed by atoms with Gasteiger partial charge in [-0.05, 0) is 50.1 Å². The molecule has 6 rings (SSSR count). The monoisotopic (exact) mass is 699 g/mol. The van der Waals surface area contributed by atoms with Gasteiger partial charge in [0.15, 0.2) is 5.69 Å². The highest BCUT2D eigenvalue weighted by molar-refractivity contribution is 7.13. The Balaban J connectivity index is 1.39. The SMILES string of the molecule is CCNC(=O)Nc1cc(-c2nc(C(F)(F)F)cs2)c(-c2ccc3c(c2)c(=O)c(C(=O)O)cn3C2CCCN(CCN3CCOCC3)C2)cn1. The molecule has 0 aliphatic carbocycles. The Hall–Kier alpha value is -4.38. The Kier molecular flexibility index (Phi) is 10.3. The number of urea groups is 1. The van der Waals surface area contributed by atoms with E-state index in [1.807, 2.05) is 4.57 Å². The van der Waals surface area contributed by atoms with Crippen molar-refractivity contribution in [3.63, 3.8) is 0 Å². The number of amides is 2. The smallest absolute Gasteiger partial charge is 0.434 e. The van der Waals surface area contributed by atoms with E-state index >= 15 is 0 Å². The fraction of sp³-hybridized carbons (Fsp3) is 0.424. The van der Waals surface area contributed by atoms with Gasteiger partial charge in [0.25, 0.3) is 0 Å². The van der Waals surface area contributed by atoms with Gasteiger partial charge in [-0.15, -0.1) is 11.3 Å². The lowest BCUT2D eigenvalue weighted by molar-refractivity contribution is -0.140. The minimum absolute atomic E-state index is 0.0276. The van der Waals surface area contributed by atoms with E-state index in [4.69, 9.17) is 4.74 Å². The van der Waals surface area contributed by atoms with E-state index in [1.165, 1.54) is 18.5 Å². The molecule has 2 fully saturated rings. The van der Waals surface area contributed by atoms with Crippen molar-refractivity contribution < 1.29 is 32.6 Å². The van der Waals surface area contributed by atoms with Gasteiger partial charge in [-0.1, -0.05) is 6.07 Å². The first kappa shape index (κ1) is 34.5. The summed E-state index contributed by atoms with van der Waals surface area (Å²) in [7, 11) is 0. The Labute approximate surface area is 283 Å². The van der Waals surface area contributed by atoms with Crippen molar-refractivity contribution in [3.8, 4) is 21.7 Å². The number of carbonyl (C=O) groups excluding carboxylic acids is 1. The minimum Gasteiger partial charge on any atom is -0.477 e. The maximum atomic E-state index is 13.6. The lowest BCUT2D eigenvalue weighted by atomic mass is 9.98. The molecule has 16 heteroatoms. The largest absolute Gasteiger partial charge is 0.477 e. The molecule has 260 valence electrons. The van der Waals surface area contributed by atoms with Crippen LogP contribution >= 0.6 is 11.3 Å². The van der Waals surface area contributed by atoms with Crippen LogP contribution in [0.4, 0.5) is 23.8 Å². The maximum Gasteiger partial charge on any atom is 0.434 e. The molecule has 2 aliphatic rings. The molecule has 0 saturated carbocycles. The van der Waals surface area contributed by atoms with Crippen LogP contribution in [0.2, 0.25) is 0 Å². The third-order valence-corrected chi connectivity index (χ3v) is 9.67. The van der Waals surface area contributed by atoms with Gasteiger partial charge in [0.1, 0.15) is 16.4 Å². The summed E-state index contributed by atoms with van der Waals surface area (Å²) < 4.78 is 47.9. The number of anilines is 1. The number of pyridine rings is 2. The molecule has 5 heterocycles. The summed E-state index contributed by atoms with van der Waals surface area (Å²) >= 11 is 0.779. The fourth-order valence-corrected chi connectivity index (χ4v) is 7.18. The molecule has 2 saturated heterocycles. The first-order chi connectivity index (χ1) is 23.5. The van der Waals surface area contributed by atoms with Gasteiger partial charge in [0.05, 0.1) is 18.7 Å². The van der Waals surface area contributed by atoms with Crippen molar-refractivity contribution in [3.05, 3.63) is 63.5 Å². The Morgan fingerprint density at radius 1 is 1.10 bits per heavy atom. The van der Waals surface area contributed by atoms with Crippen LogP contribution < -0.4 is 16.1 Å². The van der Waals surface area contributed by atoms with Crippen molar-refractivity contribution in [2.45, 2.75) is 32.0 Å². The molecule has 0 spiro atoms. The molecule has 4 aromatic rings. The lowest BCUT2D eigenvalue weighted by Crippen LogP contribution is -2.44. The van der Waals surface area contributed by atoms with Crippen molar-refractivity contribution in [2.24, 2.45) is 0 Å². The molecule has 1 unspecified atom stereocenters. The van der Waals surface area contributed by atoms with Crippen LogP contribution in [0.25, 0.3) is 32.6 Å². The summed E-state index contributed by atoms with van der Waals surface area (Å²) in [6.45, 7) is 8.67. The van der Waals surface area contributed by atoms with E-state index in [0.717, 1.165) is 75.5 Å². The molecule has 2 amide bonds. The number of hydrogen-bond acceptors (Lipinski definition) is 9. The number of morpholine rings is 1. The second-order valence-electron chi connectivity index (χ2n) is 12.0. The van der Waals surface area contributed by atoms with Gasteiger partial charge in [-0.3, -0.25) is 15.0 Å². The van der Waals surface area contributed by atoms with Gasteiger partial charge in [-0.25, -0.2) is 19.6 Å². The number of ether oxygens (including phenoxy) is 1. The summed E-state index contributed by atoms with van der Waals surface area (Å²) in [4.78, 5) is 51.0. The van der Waals surface area contributed by atoms with Crippen LogP contribution in [0, 0.1) is 0 Å². The highest BCUT2D eigenvalue weighted by Gasteiger charge is 2.34. The molecule has 3 aromatic heterocycles. The molecule has 2 aliphatic heterocycles. The van der Waals surface area contributed by atoms with Crippen LogP contribution in [0.15, 0.2) is 46.8 Å². The summed E-state index contributed by atoms with van der Waals surface area (Å²) in [6, 6.07) is 5.81. The summed E-state index contributed by atoms with van der Waals surface area (Å²) in [5, 5.41) is 16.3. The quantitative estimate of drug-likeness (QED) is 0.220. The molecular formula is C33H36F3N7O5S. The first-order valence-electron chi connectivity index (χ1n) is 16.0. The second-order valence-corrected chi connectivity index (χ2v) is 12.9. The first-order valence-corrected chi connectivity index (χ1v) is 16.9. The van der Waals surface area contributed by atoms with Gasteiger partial charge >= 0.3 is 18.2 Å². The molecule has 3 N–H and O–H groups in total. The number of rotatable bonds is 9. The average molecular weight is 700 g/mol. The third-order valence-electron chi connectivity index (χ3n) is 8.79. The summed E-state index contributed by atoms with van der Waals surface area (Å²) in [6.07, 6.45) is -0.151. The number of likely N-dealkylation sites (tertiary alicyclic amines) is 1. The molecule has 1 atom stereocenters. The Morgan fingerprint density at radius 2 is 1.88 bits per heavy atom. The highest BCUT2D eigenvalue weighted by atomic mass is 32.1. The molecule has 0 bridgehead atoms. The molecule has 49 heavy (non-hydrogen) atoms. The molecule has 1 aromatic carbocycles. The Bertz CT molecular complexity index is 1910. The average Bonchev–Trinajstić information content (AvgIpc) is 3.60. The van der Waals surface area contributed by atoms with E-state index in [9.17, 15) is 32.7 Å². The second kappa shape index (κ2) is 14.6. The third kappa shape index (κ3) is 7.77. The fourth-order valence-electron chi connectivity index (χ4n) is 6.33. The number of thiazole rings is 1. The molecule has 12 nitrogen and oxygen atoms in total. The standard InChI is InChI=1S/C33H36F3N7O5S/c1-2-37-32(47)40-28-15-22(30-39-27(19-49-30)33(34,35)36)24(16-38-28)20-5-6-26-23(14-20)29(44)25(31(45)46)18-43(26)21-4-3-7-42(17-21)9-8-41-10-12-48-13-11-41/h5-6,14-16,18-19,21H,2-4,7-13,17H2,1H3,(H,45,46)(H2,37,38,40,47). The van der Waals surface area contributed by atoms with Gasteiger partial charge in [0, 0.05) is 79.6 Å². The number of aromatic carboxylic acids is 1. The van der Waals surface area contributed by atoms with E-state index in [2.05, 4.69) is 30.4 Å². The van der Waals surface area contributed by atoms with Crippen LogP contribution in [0.1, 0.15) is 41.9 Å². The number of nitrogens with one attached hydrogen (secondary N) is 2. The number of hydrogen-bond donors (Lipinski definition) is 3. The zero-order valence-corrected chi connectivity index (χ0v) is 27.6. The number of piperidine rings is 1. The zero-order valence-electron chi connectivity index (χ0n) is 26.8. The predicted octanol–water partition coefficient (Wildman–Crippen LogP) is 5.01. The number of carboxylic acid groups (broad SMARTS) is 1. The van der Waals surface area contributed by atoms with E-state index in [1.54, 1.807) is 25.1 Å². The van der Waals surface area contributed by atoms with Crippen molar-refractivity contribution >= 4 is 40.1 Å². The van der Waals surface area contributed by atoms with Crippen LogP contribution in [0.5, 0.6) is 0 Å². The Morgan fingerprint density at radius 3 is 2.59 bits per heavy atom. The topological polar surface area (TPSA) is 142 Å². The number of benzene rings is 1. The van der Waals surface area contributed by atoms with Gasteiger partial charge in [-0.2, -0.15) is 13.2 Å². The van der Waals surface area contributed by atoms with Crippen molar-refractivity contribution in [1.82, 2.24) is 29.7 Å². The number of aromatic nitrogens is 3. The van der Waals surface area contributed by atoms with Gasteiger partial charge in [0.2, 0.25) is 5.43 Å². The number of carboxylic acids is 1. The van der Waals surface area contributed by atoms with Crippen molar-refractivity contribution in [1.29, 1.82) is 0 Å². The number of nitrogens with zero attached hydrogens (tertiary/aromatic N) is 5. The van der Waals surface area contributed by atoms with Crippen LogP contribution in [-0.4, -0.2) is 100 Å². The van der Waals surface area contributed by atoms with Gasteiger partial charge < -0.3 is 24.6 Å².